The highest BCUT2D eigenvalue weighted by Crippen LogP contribution is 2.32. The van der Waals surface area contributed by atoms with Crippen LogP contribution in [0.1, 0.15) is 6.92 Å². The number of nitrogens with zero attached hydrogens (tertiary/aromatic N) is 1. The Labute approximate surface area is 134 Å². The lowest BCUT2D eigenvalue weighted by Gasteiger charge is -2.21. The lowest BCUT2D eigenvalue weighted by molar-refractivity contribution is 0.395. The predicted octanol–water partition coefficient (Wildman–Crippen LogP) is 2.94. The minimum Gasteiger partial charge on any atom is -0.329 e. The number of hydrogen-bond donors (Lipinski definition) is 1. The first-order valence-corrected chi connectivity index (χ1v) is 8.37. The molecule has 0 saturated carbocycles. The van der Waals surface area contributed by atoms with E-state index in [9.17, 15) is 8.42 Å². The normalized spacial score (nSPS) is 13.4. The van der Waals surface area contributed by atoms with Crippen LogP contribution in [-0.4, -0.2) is 32.4 Å². The first kappa shape index (κ1) is 17.7. The van der Waals surface area contributed by atoms with Gasteiger partial charge in [0.15, 0.2) is 0 Å². The standard InChI is InChI=1S/C12H15ClN2O2S2.ClH/c1-8(7-14)15(2)19(16,17)12-6-9-5-10(13)3-4-11(9)18-12;/h3-6,8H,7,14H2,1-2H3;1H. The molecule has 0 saturated heterocycles. The van der Waals surface area contributed by atoms with Crippen molar-refractivity contribution < 1.29 is 8.42 Å². The van der Waals surface area contributed by atoms with Crippen molar-refractivity contribution in [1.82, 2.24) is 4.31 Å². The third-order valence-electron chi connectivity index (χ3n) is 3.05. The second kappa shape index (κ2) is 6.60. The maximum Gasteiger partial charge on any atom is 0.252 e. The van der Waals surface area contributed by atoms with Gasteiger partial charge in [-0.2, -0.15) is 4.31 Å². The molecule has 1 unspecified atom stereocenters. The molecule has 2 aromatic rings. The Hall–Kier alpha value is -0.370. The Balaban J connectivity index is 0.00000200. The Morgan fingerprint density at radius 1 is 1.40 bits per heavy atom. The summed E-state index contributed by atoms with van der Waals surface area (Å²) in [5.41, 5.74) is 5.52. The van der Waals surface area contributed by atoms with Crippen LogP contribution >= 0.6 is 35.3 Å². The van der Waals surface area contributed by atoms with Gasteiger partial charge in [0.05, 0.1) is 0 Å². The van der Waals surface area contributed by atoms with Crippen LogP contribution in [-0.2, 0) is 10.0 Å². The van der Waals surface area contributed by atoms with Crippen LogP contribution in [0.2, 0.25) is 5.02 Å². The number of thiophene rings is 1. The van der Waals surface area contributed by atoms with Crippen LogP contribution in [0.4, 0.5) is 0 Å². The molecule has 8 heteroatoms. The van der Waals surface area contributed by atoms with Gasteiger partial charge in [0.25, 0.3) is 10.0 Å². The fourth-order valence-corrected chi connectivity index (χ4v) is 4.76. The summed E-state index contributed by atoms with van der Waals surface area (Å²) < 4.78 is 27.4. The third kappa shape index (κ3) is 3.27. The largest absolute Gasteiger partial charge is 0.329 e. The van der Waals surface area contributed by atoms with Crippen LogP contribution in [0, 0.1) is 0 Å². The monoisotopic (exact) mass is 354 g/mol. The van der Waals surface area contributed by atoms with E-state index in [0.717, 1.165) is 10.1 Å². The molecule has 0 amide bonds. The molecule has 0 aliphatic rings. The molecule has 20 heavy (non-hydrogen) atoms. The van der Waals surface area contributed by atoms with Crippen LogP contribution in [0.25, 0.3) is 10.1 Å². The van der Waals surface area contributed by atoms with Crippen molar-refractivity contribution in [2.24, 2.45) is 5.73 Å². The summed E-state index contributed by atoms with van der Waals surface area (Å²) in [6.07, 6.45) is 0. The van der Waals surface area contributed by atoms with Gasteiger partial charge in [-0.05, 0) is 36.6 Å². The Morgan fingerprint density at radius 3 is 2.65 bits per heavy atom. The number of rotatable bonds is 4. The number of likely N-dealkylation sites (N-methyl/N-ethyl adjacent to an activating group) is 1. The lowest BCUT2D eigenvalue weighted by Crippen LogP contribution is -2.39. The van der Waals surface area contributed by atoms with Gasteiger partial charge in [0, 0.05) is 29.4 Å². The maximum atomic E-state index is 12.4. The van der Waals surface area contributed by atoms with E-state index < -0.39 is 10.0 Å². The predicted molar refractivity (Wildman–Crippen MR) is 87.5 cm³/mol. The van der Waals surface area contributed by atoms with E-state index in [-0.39, 0.29) is 25.0 Å². The number of nitrogens with two attached hydrogens (primary N) is 1. The third-order valence-corrected chi connectivity index (χ3v) is 6.82. The van der Waals surface area contributed by atoms with E-state index in [1.165, 1.54) is 15.6 Å². The van der Waals surface area contributed by atoms with Crippen molar-refractivity contribution in [3.8, 4) is 0 Å². The summed E-state index contributed by atoms with van der Waals surface area (Å²) in [6.45, 7) is 2.06. The van der Waals surface area contributed by atoms with Crippen molar-refractivity contribution >= 4 is 55.5 Å². The number of fused-ring (bicyclic) bond motifs is 1. The molecule has 1 aromatic carbocycles. The number of sulfonamides is 1. The van der Waals surface area contributed by atoms with E-state index in [0.29, 0.717) is 9.23 Å². The SMILES string of the molecule is CC(CN)N(C)S(=O)(=O)c1cc2cc(Cl)ccc2s1.Cl. The quantitative estimate of drug-likeness (QED) is 0.917. The van der Waals surface area contributed by atoms with Crippen LogP contribution < -0.4 is 5.73 Å². The summed E-state index contributed by atoms with van der Waals surface area (Å²) in [7, 11) is -1.95. The molecule has 1 atom stereocenters. The van der Waals surface area contributed by atoms with Crippen LogP contribution in [0.5, 0.6) is 0 Å². The summed E-state index contributed by atoms with van der Waals surface area (Å²) in [5.74, 6) is 0. The van der Waals surface area contributed by atoms with E-state index >= 15 is 0 Å². The number of hydrogen-bond acceptors (Lipinski definition) is 4. The topological polar surface area (TPSA) is 63.4 Å². The molecular weight excluding hydrogens is 339 g/mol. The second-order valence-electron chi connectivity index (χ2n) is 4.35. The Bertz CT molecular complexity index is 701. The highest BCUT2D eigenvalue weighted by molar-refractivity contribution is 7.91. The fraction of sp³-hybridized carbons (Fsp3) is 0.333. The van der Waals surface area contributed by atoms with Gasteiger partial charge in [-0.25, -0.2) is 8.42 Å². The summed E-state index contributed by atoms with van der Waals surface area (Å²) in [6, 6.07) is 6.76. The molecule has 0 fully saturated rings. The van der Waals surface area contributed by atoms with Crippen molar-refractivity contribution in [1.29, 1.82) is 0 Å². The van der Waals surface area contributed by atoms with Gasteiger partial charge in [0.2, 0.25) is 0 Å². The summed E-state index contributed by atoms with van der Waals surface area (Å²) in [4.78, 5) is 0. The van der Waals surface area contributed by atoms with Gasteiger partial charge in [-0.3, -0.25) is 0 Å². The van der Waals surface area contributed by atoms with Crippen molar-refractivity contribution in [2.45, 2.75) is 17.2 Å². The first-order valence-electron chi connectivity index (χ1n) is 5.73. The zero-order valence-electron chi connectivity index (χ0n) is 11.0. The molecule has 2 rings (SSSR count). The molecular formula is C12H16Cl2N2O2S2. The van der Waals surface area contributed by atoms with Crippen molar-refractivity contribution in [3.05, 3.63) is 29.3 Å². The highest BCUT2D eigenvalue weighted by atomic mass is 35.5. The minimum absolute atomic E-state index is 0. The molecule has 0 aliphatic heterocycles. The zero-order chi connectivity index (χ0) is 14.2. The average Bonchev–Trinajstić information content (AvgIpc) is 2.80. The molecule has 0 radical (unpaired) electrons. The molecule has 0 spiro atoms. The van der Waals surface area contributed by atoms with Crippen molar-refractivity contribution in [2.75, 3.05) is 13.6 Å². The Morgan fingerprint density at radius 2 is 2.05 bits per heavy atom. The summed E-state index contributed by atoms with van der Waals surface area (Å²) in [5, 5.41) is 1.43. The van der Waals surface area contributed by atoms with Crippen LogP contribution in [0.3, 0.4) is 0 Å². The molecule has 0 bridgehead atoms. The number of benzene rings is 1. The molecule has 0 aliphatic carbocycles. The molecule has 4 nitrogen and oxygen atoms in total. The van der Waals surface area contributed by atoms with Gasteiger partial charge in [0.1, 0.15) is 4.21 Å². The molecule has 112 valence electrons. The Kier molecular flexibility index (Phi) is 5.83. The minimum atomic E-state index is -3.50. The molecule has 1 aromatic heterocycles. The van der Waals surface area contributed by atoms with E-state index in [2.05, 4.69) is 0 Å². The highest BCUT2D eigenvalue weighted by Gasteiger charge is 2.26. The van der Waals surface area contributed by atoms with Crippen molar-refractivity contribution in [3.63, 3.8) is 0 Å². The molecule has 1 heterocycles. The fourth-order valence-electron chi connectivity index (χ4n) is 1.64. The first-order chi connectivity index (χ1) is 8.86. The zero-order valence-corrected chi connectivity index (χ0v) is 14.2. The van der Waals surface area contributed by atoms with Gasteiger partial charge in [-0.15, -0.1) is 23.7 Å². The van der Waals surface area contributed by atoms with Crippen LogP contribution in [0.15, 0.2) is 28.5 Å². The molecule has 2 N–H and O–H groups in total. The second-order valence-corrected chi connectivity index (χ2v) is 8.10. The number of halogens is 2. The smallest absolute Gasteiger partial charge is 0.252 e. The van der Waals surface area contributed by atoms with E-state index in [4.69, 9.17) is 17.3 Å². The van der Waals surface area contributed by atoms with Gasteiger partial charge >= 0.3 is 0 Å². The van der Waals surface area contributed by atoms with E-state index in [1.54, 1.807) is 32.2 Å². The lowest BCUT2D eigenvalue weighted by atomic mass is 10.3. The van der Waals surface area contributed by atoms with E-state index in [1.807, 2.05) is 6.07 Å². The van der Waals surface area contributed by atoms with Gasteiger partial charge < -0.3 is 5.73 Å². The summed E-state index contributed by atoms with van der Waals surface area (Å²) >= 11 is 7.15. The average molecular weight is 355 g/mol. The van der Waals surface area contributed by atoms with Gasteiger partial charge in [-0.1, -0.05) is 11.6 Å². The maximum absolute atomic E-state index is 12.4.